The second kappa shape index (κ2) is 4.42. The predicted molar refractivity (Wildman–Crippen MR) is 43.6 cm³/mol. The van der Waals surface area contributed by atoms with Gasteiger partial charge in [-0.3, -0.25) is 4.79 Å². The van der Waals surface area contributed by atoms with E-state index in [1.807, 2.05) is 0 Å². The average molecular weight is 173 g/mol. The fourth-order valence-corrected chi connectivity index (χ4v) is 1.31. The highest BCUT2D eigenvalue weighted by Crippen LogP contribution is 2.13. The van der Waals surface area contributed by atoms with Gasteiger partial charge < -0.3 is 14.8 Å². The van der Waals surface area contributed by atoms with Crippen LogP contribution >= 0.6 is 0 Å². The number of carbonyl (C=O) groups is 1. The van der Waals surface area contributed by atoms with Crippen LogP contribution in [0, 0.1) is 0 Å². The van der Waals surface area contributed by atoms with Crippen molar-refractivity contribution >= 4 is 5.91 Å². The Morgan fingerprint density at radius 2 is 2.33 bits per heavy atom. The van der Waals surface area contributed by atoms with Gasteiger partial charge in [0.25, 0.3) is 0 Å². The summed E-state index contributed by atoms with van der Waals surface area (Å²) in [5, 5.41) is 2.81. The van der Waals surface area contributed by atoms with E-state index in [1.165, 1.54) is 6.92 Å². The first kappa shape index (κ1) is 9.48. The van der Waals surface area contributed by atoms with Gasteiger partial charge in [-0.15, -0.1) is 0 Å². The van der Waals surface area contributed by atoms with Gasteiger partial charge in [0.1, 0.15) is 0 Å². The van der Waals surface area contributed by atoms with Gasteiger partial charge in [-0.05, 0) is 6.42 Å². The molecule has 1 heterocycles. The lowest BCUT2D eigenvalue weighted by Crippen LogP contribution is -2.42. The molecule has 4 nitrogen and oxygen atoms in total. The Morgan fingerprint density at radius 1 is 1.58 bits per heavy atom. The van der Waals surface area contributed by atoms with Crippen molar-refractivity contribution in [3.63, 3.8) is 0 Å². The largest absolute Gasteiger partial charge is 0.356 e. The highest BCUT2D eigenvalue weighted by Gasteiger charge is 2.21. The Morgan fingerprint density at radius 3 is 2.75 bits per heavy atom. The summed E-state index contributed by atoms with van der Waals surface area (Å²) >= 11 is 0. The Bertz CT molecular complexity index is 152. The minimum atomic E-state index is -0.0880. The third-order valence-electron chi connectivity index (χ3n) is 1.90. The summed E-state index contributed by atoms with van der Waals surface area (Å²) in [5.41, 5.74) is 0. The summed E-state index contributed by atoms with van der Waals surface area (Å²) in [4.78, 5) is 10.7. The van der Waals surface area contributed by atoms with Crippen molar-refractivity contribution < 1.29 is 14.3 Å². The molecule has 0 aliphatic carbocycles. The molecule has 1 N–H and O–H groups in total. The third kappa shape index (κ3) is 2.79. The molecule has 1 amide bonds. The van der Waals surface area contributed by atoms with E-state index < -0.39 is 0 Å². The van der Waals surface area contributed by atoms with Crippen molar-refractivity contribution in [1.82, 2.24) is 5.32 Å². The molecule has 2 atom stereocenters. The van der Waals surface area contributed by atoms with Crippen LogP contribution in [0.2, 0.25) is 0 Å². The molecule has 0 bridgehead atoms. The molecule has 1 fully saturated rings. The number of amides is 1. The second-order valence-corrected chi connectivity index (χ2v) is 2.97. The fraction of sp³-hybridized carbons (Fsp3) is 0.875. The quantitative estimate of drug-likeness (QED) is 0.652. The van der Waals surface area contributed by atoms with Gasteiger partial charge in [-0.1, -0.05) is 0 Å². The van der Waals surface area contributed by atoms with Gasteiger partial charge in [0.05, 0.1) is 12.6 Å². The fourth-order valence-electron chi connectivity index (χ4n) is 1.31. The molecular formula is C8H15NO3. The van der Waals surface area contributed by atoms with E-state index in [0.717, 1.165) is 12.8 Å². The predicted octanol–water partition coefficient (Wildman–Crippen LogP) is 0.274. The minimum absolute atomic E-state index is 0.000494. The topological polar surface area (TPSA) is 47.6 Å². The van der Waals surface area contributed by atoms with E-state index in [9.17, 15) is 4.79 Å². The van der Waals surface area contributed by atoms with Gasteiger partial charge >= 0.3 is 0 Å². The lowest BCUT2D eigenvalue weighted by atomic mass is 10.1. The van der Waals surface area contributed by atoms with Crippen LogP contribution < -0.4 is 5.32 Å². The number of hydrogen-bond donors (Lipinski definition) is 1. The minimum Gasteiger partial charge on any atom is -0.356 e. The van der Waals surface area contributed by atoms with Crippen molar-refractivity contribution in [3.8, 4) is 0 Å². The zero-order chi connectivity index (χ0) is 8.97. The van der Waals surface area contributed by atoms with Crippen LogP contribution in [-0.2, 0) is 14.3 Å². The number of rotatable bonds is 2. The Balaban J connectivity index is 2.21. The normalized spacial score (nSPS) is 29.8. The average Bonchev–Trinajstić information content (AvgIpc) is 2.05. The van der Waals surface area contributed by atoms with Crippen molar-refractivity contribution in [3.05, 3.63) is 0 Å². The molecule has 0 aromatic rings. The SMILES string of the molecule is CO[C@@H]1CC[C@H](NC(C)=O)CO1. The zero-order valence-electron chi connectivity index (χ0n) is 7.50. The van der Waals surface area contributed by atoms with Crippen molar-refractivity contribution in [2.45, 2.75) is 32.1 Å². The smallest absolute Gasteiger partial charge is 0.217 e. The molecule has 4 heteroatoms. The number of nitrogens with one attached hydrogen (secondary N) is 1. The summed E-state index contributed by atoms with van der Waals surface area (Å²) in [7, 11) is 1.63. The van der Waals surface area contributed by atoms with Crippen molar-refractivity contribution in [1.29, 1.82) is 0 Å². The van der Waals surface area contributed by atoms with Gasteiger partial charge in [-0.2, -0.15) is 0 Å². The van der Waals surface area contributed by atoms with Crippen LogP contribution in [0.3, 0.4) is 0 Å². The Hall–Kier alpha value is -0.610. The monoisotopic (exact) mass is 173 g/mol. The van der Waals surface area contributed by atoms with Crippen molar-refractivity contribution in [2.24, 2.45) is 0 Å². The van der Waals surface area contributed by atoms with E-state index in [-0.39, 0.29) is 18.2 Å². The molecule has 0 radical (unpaired) electrons. The first-order chi connectivity index (χ1) is 5.72. The lowest BCUT2D eigenvalue weighted by Gasteiger charge is -2.28. The molecule has 0 unspecified atom stereocenters. The van der Waals surface area contributed by atoms with Crippen LogP contribution in [0.25, 0.3) is 0 Å². The van der Waals surface area contributed by atoms with E-state index in [4.69, 9.17) is 9.47 Å². The van der Waals surface area contributed by atoms with Gasteiger partial charge in [0.15, 0.2) is 6.29 Å². The first-order valence-corrected chi connectivity index (χ1v) is 4.14. The van der Waals surface area contributed by atoms with Crippen LogP contribution in [0.1, 0.15) is 19.8 Å². The summed E-state index contributed by atoms with van der Waals surface area (Å²) in [6.45, 7) is 2.07. The van der Waals surface area contributed by atoms with Crippen LogP contribution in [-0.4, -0.2) is 32.0 Å². The van der Waals surface area contributed by atoms with Gasteiger partial charge in [0, 0.05) is 20.5 Å². The maximum atomic E-state index is 10.7. The van der Waals surface area contributed by atoms with Crippen LogP contribution in [0.5, 0.6) is 0 Å². The van der Waals surface area contributed by atoms with Crippen LogP contribution in [0.15, 0.2) is 0 Å². The molecule has 70 valence electrons. The molecule has 0 aromatic carbocycles. The summed E-state index contributed by atoms with van der Waals surface area (Å²) < 4.78 is 10.3. The lowest BCUT2D eigenvalue weighted by molar-refractivity contribution is -0.155. The summed E-state index contributed by atoms with van der Waals surface area (Å²) in [6, 6.07) is 0.161. The Labute approximate surface area is 72.2 Å². The van der Waals surface area contributed by atoms with Gasteiger partial charge in [0.2, 0.25) is 5.91 Å². The van der Waals surface area contributed by atoms with E-state index in [2.05, 4.69) is 5.32 Å². The molecule has 1 rings (SSSR count). The molecule has 1 aliphatic rings. The Kier molecular flexibility index (Phi) is 3.49. The summed E-state index contributed by atoms with van der Waals surface area (Å²) in [6.07, 6.45) is 1.69. The second-order valence-electron chi connectivity index (χ2n) is 2.97. The highest BCUT2D eigenvalue weighted by molar-refractivity contribution is 5.73. The number of hydrogen-bond acceptors (Lipinski definition) is 3. The van der Waals surface area contributed by atoms with Crippen LogP contribution in [0.4, 0.5) is 0 Å². The van der Waals surface area contributed by atoms with E-state index in [1.54, 1.807) is 7.11 Å². The standard InChI is InChI=1S/C8H15NO3/c1-6(10)9-7-3-4-8(11-2)12-5-7/h7-8H,3-5H2,1-2H3,(H,9,10)/t7-,8-/m0/s1. The molecule has 0 aromatic heterocycles. The maximum absolute atomic E-state index is 10.7. The first-order valence-electron chi connectivity index (χ1n) is 4.14. The molecular weight excluding hydrogens is 158 g/mol. The molecule has 1 saturated heterocycles. The molecule has 0 spiro atoms. The highest BCUT2D eigenvalue weighted by atomic mass is 16.7. The molecule has 12 heavy (non-hydrogen) atoms. The number of methoxy groups -OCH3 is 1. The number of carbonyl (C=O) groups excluding carboxylic acids is 1. The van der Waals surface area contributed by atoms with Crippen molar-refractivity contribution in [2.75, 3.05) is 13.7 Å². The van der Waals surface area contributed by atoms with E-state index >= 15 is 0 Å². The van der Waals surface area contributed by atoms with Gasteiger partial charge in [-0.25, -0.2) is 0 Å². The van der Waals surface area contributed by atoms with E-state index in [0.29, 0.717) is 6.61 Å². The summed E-state index contributed by atoms with van der Waals surface area (Å²) in [5.74, 6) is -0.000494. The zero-order valence-corrected chi connectivity index (χ0v) is 7.50. The third-order valence-corrected chi connectivity index (χ3v) is 1.90. The maximum Gasteiger partial charge on any atom is 0.217 e. The molecule has 0 saturated carbocycles. The number of ether oxygens (including phenoxy) is 2. The molecule has 1 aliphatic heterocycles.